The van der Waals surface area contributed by atoms with Crippen molar-refractivity contribution in [3.05, 3.63) is 65.5 Å². The van der Waals surface area contributed by atoms with Crippen LogP contribution in [-0.2, 0) is 0 Å². The molecule has 0 heterocycles. The monoisotopic (exact) mass is 254 g/mol. The van der Waals surface area contributed by atoms with Gasteiger partial charge >= 0.3 is 0 Å². The van der Waals surface area contributed by atoms with Gasteiger partial charge in [0.05, 0.1) is 17.3 Å². The predicted molar refractivity (Wildman–Crippen MR) is 71.9 cm³/mol. The van der Waals surface area contributed by atoms with Crippen LogP contribution in [0.25, 0.3) is 0 Å². The molecule has 2 rings (SSSR count). The van der Waals surface area contributed by atoms with Crippen molar-refractivity contribution in [3.63, 3.8) is 0 Å². The van der Waals surface area contributed by atoms with Crippen LogP contribution in [0.15, 0.2) is 53.6 Å². The first kappa shape index (κ1) is 12.6. The maximum absolute atomic E-state index is 13.0. The van der Waals surface area contributed by atoms with E-state index >= 15 is 0 Å². The van der Waals surface area contributed by atoms with Gasteiger partial charge in [0.25, 0.3) is 0 Å². The normalized spacial score (nSPS) is 10.8. The summed E-state index contributed by atoms with van der Waals surface area (Å²) in [6.45, 7) is 0. The number of amidine groups is 1. The van der Waals surface area contributed by atoms with Gasteiger partial charge in [0.1, 0.15) is 5.82 Å². The maximum Gasteiger partial charge on any atom is 0.151 e. The SMILES string of the molecule is N#Cc1ccc(NN=C(N)c2cccc(F)c2)cc1. The Morgan fingerprint density at radius 1 is 1.21 bits per heavy atom. The third-order valence-electron chi connectivity index (χ3n) is 2.44. The molecule has 0 aliphatic rings. The first-order valence-electron chi connectivity index (χ1n) is 5.54. The Labute approximate surface area is 110 Å². The van der Waals surface area contributed by atoms with E-state index in [0.717, 1.165) is 0 Å². The molecule has 5 heteroatoms. The van der Waals surface area contributed by atoms with Gasteiger partial charge in [-0.25, -0.2) is 4.39 Å². The summed E-state index contributed by atoms with van der Waals surface area (Å²) >= 11 is 0. The van der Waals surface area contributed by atoms with Crippen molar-refractivity contribution in [3.8, 4) is 6.07 Å². The zero-order valence-corrected chi connectivity index (χ0v) is 9.97. The second kappa shape index (κ2) is 5.65. The minimum atomic E-state index is -0.367. The van der Waals surface area contributed by atoms with Crippen LogP contribution in [-0.4, -0.2) is 5.84 Å². The highest BCUT2D eigenvalue weighted by Gasteiger charge is 2.00. The fourth-order valence-electron chi connectivity index (χ4n) is 1.46. The molecule has 0 spiro atoms. The van der Waals surface area contributed by atoms with Crippen molar-refractivity contribution in [2.45, 2.75) is 0 Å². The second-order valence-corrected chi connectivity index (χ2v) is 3.81. The molecule has 0 amide bonds. The number of hydrogen-bond donors (Lipinski definition) is 2. The Kier molecular flexibility index (Phi) is 3.74. The highest BCUT2D eigenvalue weighted by atomic mass is 19.1. The van der Waals surface area contributed by atoms with E-state index in [1.54, 1.807) is 36.4 Å². The number of benzene rings is 2. The van der Waals surface area contributed by atoms with E-state index in [2.05, 4.69) is 10.5 Å². The van der Waals surface area contributed by atoms with Gasteiger partial charge in [-0.05, 0) is 36.4 Å². The molecule has 4 nitrogen and oxygen atoms in total. The van der Waals surface area contributed by atoms with Gasteiger partial charge in [0, 0.05) is 5.56 Å². The molecule has 2 aromatic rings. The van der Waals surface area contributed by atoms with Crippen LogP contribution >= 0.6 is 0 Å². The van der Waals surface area contributed by atoms with Gasteiger partial charge in [-0.2, -0.15) is 10.4 Å². The molecule has 0 radical (unpaired) electrons. The van der Waals surface area contributed by atoms with Crippen molar-refractivity contribution in [2.75, 3.05) is 5.43 Å². The molecule has 0 saturated carbocycles. The summed E-state index contributed by atoms with van der Waals surface area (Å²) in [6, 6.07) is 14.6. The van der Waals surface area contributed by atoms with Crippen LogP contribution in [0.3, 0.4) is 0 Å². The van der Waals surface area contributed by atoms with E-state index in [-0.39, 0.29) is 11.7 Å². The summed E-state index contributed by atoms with van der Waals surface area (Å²) in [6.07, 6.45) is 0. The van der Waals surface area contributed by atoms with Crippen LogP contribution < -0.4 is 11.2 Å². The number of nitriles is 1. The molecule has 19 heavy (non-hydrogen) atoms. The molecule has 2 aromatic carbocycles. The van der Waals surface area contributed by atoms with Crippen molar-refractivity contribution in [2.24, 2.45) is 10.8 Å². The van der Waals surface area contributed by atoms with Gasteiger partial charge in [0.2, 0.25) is 0 Å². The van der Waals surface area contributed by atoms with Crippen LogP contribution in [0, 0.1) is 17.1 Å². The minimum Gasteiger partial charge on any atom is -0.382 e. The van der Waals surface area contributed by atoms with Crippen LogP contribution in [0.1, 0.15) is 11.1 Å². The lowest BCUT2D eigenvalue weighted by molar-refractivity contribution is 0.627. The molecular formula is C14H11FN4. The predicted octanol–water partition coefficient (Wildman–Crippen LogP) is 2.43. The van der Waals surface area contributed by atoms with Crippen molar-refractivity contribution >= 4 is 11.5 Å². The van der Waals surface area contributed by atoms with Crippen molar-refractivity contribution < 1.29 is 4.39 Å². The summed E-state index contributed by atoms with van der Waals surface area (Å²) in [4.78, 5) is 0. The molecule has 0 aromatic heterocycles. The number of anilines is 1. The third-order valence-corrected chi connectivity index (χ3v) is 2.44. The van der Waals surface area contributed by atoms with E-state index in [1.165, 1.54) is 12.1 Å². The van der Waals surface area contributed by atoms with Gasteiger partial charge in [-0.15, -0.1) is 0 Å². The number of rotatable bonds is 3. The lowest BCUT2D eigenvalue weighted by Gasteiger charge is -2.03. The average molecular weight is 254 g/mol. The lowest BCUT2D eigenvalue weighted by Crippen LogP contribution is -2.15. The quantitative estimate of drug-likeness (QED) is 0.502. The molecule has 0 aliphatic heterocycles. The van der Waals surface area contributed by atoms with E-state index < -0.39 is 0 Å². The summed E-state index contributed by atoms with van der Waals surface area (Å²) in [5.74, 6) is -0.183. The Morgan fingerprint density at radius 2 is 1.95 bits per heavy atom. The lowest BCUT2D eigenvalue weighted by atomic mass is 10.2. The second-order valence-electron chi connectivity index (χ2n) is 3.81. The van der Waals surface area contributed by atoms with Crippen LogP contribution in [0.5, 0.6) is 0 Å². The number of nitrogens with two attached hydrogens (primary N) is 1. The zero-order valence-electron chi connectivity index (χ0n) is 9.97. The summed E-state index contributed by atoms with van der Waals surface area (Å²) < 4.78 is 13.0. The molecule has 0 aliphatic carbocycles. The largest absolute Gasteiger partial charge is 0.382 e. The molecule has 0 bridgehead atoms. The van der Waals surface area contributed by atoms with Gasteiger partial charge in [-0.3, -0.25) is 5.43 Å². The van der Waals surface area contributed by atoms with Gasteiger partial charge in [-0.1, -0.05) is 12.1 Å². The molecule has 0 unspecified atom stereocenters. The number of halogens is 1. The Hall–Kier alpha value is -2.87. The van der Waals surface area contributed by atoms with Gasteiger partial charge in [0.15, 0.2) is 5.84 Å². The Morgan fingerprint density at radius 3 is 2.58 bits per heavy atom. The number of hydrogen-bond acceptors (Lipinski definition) is 3. The molecule has 3 N–H and O–H groups in total. The number of nitrogens with zero attached hydrogens (tertiary/aromatic N) is 2. The third kappa shape index (κ3) is 3.30. The first-order chi connectivity index (χ1) is 9.19. The smallest absolute Gasteiger partial charge is 0.151 e. The molecule has 0 atom stereocenters. The average Bonchev–Trinajstić information content (AvgIpc) is 2.45. The molecule has 0 saturated heterocycles. The van der Waals surface area contributed by atoms with Crippen molar-refractivity contribution in [1.82, 2.24) is 0 Å². The number of hydrazone groups is 1. The topological polar surface area (TPSA) is 74.2 Å². The summed E-state index contributed by atoms with van der Waals surface area (Å²) in [7, 11) is 0. The Bertz CT molecular complexity index is 641. The summed E-state index contributed by atoms with van der Waals surface area (Å²) in [5, 5.41) is 12.6. The molecule has 94 valence electrons. The van der Waals surface area contributed by atoms with Gasteiger partial charge < -0.3 is 5.73 Å². The van der Waals surface area contributed by atoms with E-state index in [9.17, 15) is 4.39 Å². The highest BCUT2D eigenvalue weighted by Crippen LogP contribution is 2.09. The fourth-order valence-corrected chi connectivity index (χ4v) is 1.46. The molecule has 0 fully saturated rings. The Balaban J connectivity index is 2.11. The standard InChI is InChI=1S/C14H11FN4/c15-12-3-1-2-11(8-12)14(17)19-18-13-6-4-10(9-16)5-7-13/h1-8,18H,(H2,17,19). The van der Waals surface area contributed by atoms with Crippen molar-refractivity contribution in [1.29, 1.82) is 5.26 Å². The van der Waals surface area contributed by atoms with E-state index in [1.807, 2.05) is 6.07 Å². The van der Waals surface area contributed by atoms with Crippen LogP contribution in [0.4, 0.5) is 10.1 Å². The van der Waals surface area contributed by atoms with Crippen LogP contribution in [0.2, 0.25) is 0 Å². The zero-order chi connectivity index (χ0) is 13.7. The minimum absolute atomic E-state index is 0.184. The summed E-state index contributed by atoms with van der Waals surface area (Å²) in [5.41, 5.74) is 10.2. The van der Waals surface area contributed by atoms with E-state index in [0.29, 0.717) is 16.8 Å². The number of nitrogens with one attached hydrogen (secondary N) is 1. The maximum atomic E-state index is 13.0. The fraction of sp³-hybridized carbons (Fsp3) is 0. The van der Waals surface area contributed by atoms with E-state index in [4.69, 9.17) is 11.0 Å². The first-order valence-corrected chi connectivity index (χ1v) is 5.54. The molecular weight excluding hydrogens is 243 g/mol. The highest BCUT2D eigenvalue weighted by molar-refractivity contribution is 5.97.